The molecule has 5 aliphatic rings. The fourth-order valence-corrected chi connectivity index (χ4v) is 8.30. The first-order valence-electron chi connectivity index (χ1n) is 9.95. The first kappa shape index (κ1) is 18.3. The molecule has 4 saturated carbocycles. The van der Waals surface area contributed by atoms with Gasteiger partial charge in [0.2, 0.25) is 0 Å². The van der Waals surface area contributed by atoms with Gasteiger partial charge in [-0.2, -0.15) is 0 Å². The van der Waals surface area contributed by atoms with Crippen LogP contribution in [0.5, 0.6) is 0 Å². The number of nitrogens with zero attached hydrogens (tertiary/aromatic N) is 1. The van der Waals surface area contributed by atoms with Gasteiger partial charge in [0.1, 0.15) is 0 Å². The lowest BCUT2D eigenvalue weighted by Gasteiger charge is -2.59. The van der Waals surface area contributed by atoms with Gasteiger partial charge in [-0.05, 0) is 75.0 Å². The molecule has 146 valence electrons. The number of rotatable bonds is 3. The standard InChI is InChI=1S/C19H30N2O4S/c1-12(19-8-13-5-14(9-19)7-15(6-13)10-19)20-17(22)18(23)21(2)16-3-4-26(24,25)11-16/h12-16H,3-11H2,1-2H3,(H,20,22). The van der Waals surface area contributed by atoms with Gasteiger partial charge < -0.3 is 10.2 Å². The molecule has 4 aliphatic carbocycles. The lowest BCUT2D eigenvalue weighted by molar-refractivity contribution is -0.148. The maximum atomic E-state index is 12.6. The van der Waals surface area contributed by atoms with Gasteiger partial charge in [0.25, 0.3) is 0 Å². The Morgan fingerprint density at radius 3 is 2.08 bits per heavy atom. The predicted molar refractivity (Wildman–Crippen MR) is 98.0 cm³/mol. The van der Waals surface area contributed by atoms with Gasteiger partial charge in [-0.1, -0.05) is 0 Å². The maximum absolute atomic E-state index is 12.6. The minimum Gasteiger partial charge on any atom is -0.345 e. The molecule has 1 saturated heterocycles. The van der Waals surface area contributed by atoms with Gasteiger partial charge in [-0.15, -0.1) is 0 Å². The van der Waals surface area contributed by atoms with Crippen molar-refractivity contribution < 1.29 is 18.0 Å². The van der Waals surface area contributed by atoms with Crippen LogP contribution in [-0.2, 0) is 19.4 Å². The summed E-state index contributed by atoms with van der Waals surface area (Å²) in [5.74, 6) is 1.25. The molecule has 0 aromatic heterocycles. The summed E-state index contributed by atoms with van der Waals surface area (Å²) in [6.07, 6.45) is 7.97. The Labute approximate surface area is 156 Å². The number of carbonyl (C=O) groups is 2. The van der Waals surface area contributed by atoms with Crippen LogP contribution in [0.4, 0.5) is 0 Å². The molecule has 0 radical (unpaired) electrons. The SMILES string of the molecule is CC(NC(=O)C(=O)N(C)C1CCS(=O)(=O)C1)C12CC3CC(CC(C3)C1)C2. The molecule has 5 rings (SSSR count). The quantitative estimate of drug-likeness (QED) is 0.747. The van der Waals surface area contributed by atoms with Crippen LogP contribution >= 0.6 is 0 Å². The molecule has 26 heavy (non-hydrogen) atoms. The highest BCUT2D eigenvalue weighted by atomic mass is 32.2. The first-order valence-corrected chi connectivity index (χ1v) is 11.8. The van der Waals surface area contributed by atoms with E-state index in [4.69, 9.17) is 0 Å². The number of hydrogen-bond acceptors (Lipinski definition) is 4. The molecule has 0 aromatic carbocycles. The van der Waals surface area contributed by atoms with Crippen molar-refractivity contribution in [2.75, 3.05) is 18.6 Å². The molecular formula is C19H30N2O4S. The van der Waals surface area contributed by atoms with Crippen LogP contribution in [0.3, 0.4) is 0 Å². The van der Waals surface area contributed by atoms with Crippen LogP contribution in [-0.4, -0.2) is 55.8 Å². The molecular weight excluding hydrogens is 352 g/mol. The Balaban J connectivity index is 1.39. The average molecular weight is 383 g/mol. The largest absolute Gasteiger partial charge is 0.345 e. The van der Waals surface area contributed by atoms with Crippen LogP contribution in [0, 0.1) is 23.2 Å². The van der Waals surface area contributed by atoms with E-state index in [1.54, 1.807) is 7.05 Å². The Bertz CT molecular complexity index is 682. The normalized spacial score (nSPS) is 41.0. The molecule has 6 nitrogen and oxygen atoms in total. The summed E-state index contributed by atoms with van der Waals surface area (Å²) in [5, 5.41) is 2.98. The van der Waals surface area contributed by atoms with Crippen molar-refractivity contribution >= 4 is 21.7 Å². The van der Waals surface area contributed by atoms with E-state index >= 15 is 0 Å². The topological polar surface area (TPSA) is 83.6 Å². The van der Waals surface area contributed by atoms with Crippen LogP contribution in [0.25, 0.3) is 0 Å². The zero-order valence-corrected chi connectivity index (χ0v) is 16.6. The zero-order valence-electron chi connectivity index (χ0n) is 15.7. The van der Waals surface area contributed by atoms with Gasteiger partial charge in [-0.3, -0.25) is 9.59 Å². The molecule has 5 fully saturated rings. The molecule has 2 atom stereocenters. The van der Waals surface area contributed by atoms with Gasteiger partial charge in [0.15, 0.2) is 9.84 Å². The fraction of sp³-hybridized carbons (Fsp3) is 0.895. The van der Waals surface area contributed by atoms with Gasteiger partial charge >= 0.3 is 11.8 Å². The highest BCUT2D eigenvalue weighted by Gasteiger charge is 2.53. The molecule has 7 heteroatoms. The van der Waals surface area contributed by atoms with Crippen LogP contribution in [0.15, 0.2) is 0 Å². The number of sulfone groups is 1. The molecule has 2 amide bonds. The van der Waals surface area contributed by atoms with Crippen molar-refractivity contribution in [2.24, 2.45) is 23.2 Å². The van der Waals surface area contributed by atoms with Gasteiger partial charge in [0, 0.05) is 19.1 Å². The molecule has 2 unspecified atom stereocenters. The molecule has 0 aromatic rings. The molecule has 1 heterocycles. The first-order chi connectivity index (χ1) is 12.2. The highest BCUT2D eigenvalue weighted by molar-refractivity contribution is 7.91. The second kappa shape index (κ2) is 6.21. The second-order valence-electron chi connectivity index (χ2n) is 9.45. The van der Waals surface area contributed by atoms with E-state index in [1.807, 2.05) is 0 Å². The van der Waals surface area contributed by atoms with E-state index in [-0.39, 0.29) is 29.0 Å². The molecule has 0 spiro atoms. The minimum absolute atomic E-state index is 0.00643. The third-order valence-electron chi connectivity index (χ3n) is 7.62. The Kier molecular flexibility index (Phi) is 4.36. The van der Waals surface area contributed by atoms with E-state index in [9.17, 15) is 18.0 Å². The number of hydrogen-bond donors (Lipinski definition) is 1. The smallest absolute Gasteiger partial charge is 0.311 e. The Morgan fingerprint density at radius 2 is 1.62 bits per heavy atom. The summed E-state index contributed by atoms with van der Waals surface area (Å²) in [6.45, 7) is 2.05. The summed E-state index contributed by atoms with van der Waals surface area (Å²) in [6, 6.07) is -0.388. The number of nitrogens with one attached hydrogen (secondary N) is 1. The Hall–Kier alpha value is -1.11. The summed E-state index contributed by atoms with van der Waals surface area (Å²) in [4.78, 5) is 26.4. The predicted octanol–water partition coefficient (Wildman–Crippen LogP) is 1.35. The zero-order chi connectivity index (χ0) is 18.7. The van der Waals surface area contributed by atoms with Gasteiger partial charge in [0.05, 0.1) is 11.5 Å². The maximum Gasteiger partial charge on any atom is 0.311 e. The number of likely N-dealkylation sites (N-methyl/N-ethyl adjacent to an activating group) is 1. The van der Waals surface area contributed by atoms with E-state index in [1.165, 1.54) is 43.4 Å². The van der Waals surface area contributed by atoms with E-state index in [2.05, 4.69) is 12.2 Å². The fourth-order valence-electron chi connectivity index (χ4n) is 6.53. The third kappa shape index (κ3) is 3.16. The van der Waals surface area contributed by atoms with E-state index in [0.29, 0.717) is 6.42 Å². The summed E-state index contributed by atoms with van der Waals surface area (Å²) < 4.78 is 23.3. The Morgan fingerprint density at radius 1 is 1.08 bits per heavy atom. The average Bonchev–Trinajstić information content (AvgIpc) is 2.92. The highest BCUT2D eigenvalue weighted by Crippen LogP contribution is 2.61. The van der Waals surface area contributed by atoms with Crippen LogP contribution < -0.4 is 5.32 Å². The summed E-state index contributed by atoms with van der Waals surface area (Å²) in [7, 11) is -1.53. The minimum atomic E-state index is -3.08. The number of carbonyl (C=O) groups excluding carboxylic acids is 2. The van der Waals surface area contributed by atoms with E-state index < -0.39 is 21.7 Å². The monoisotopic (exact) mass is 382 g/mol. The van der Waals surface area contributed by atoms with Crippen molar-refractivity contribution in [1.29, 1.82) is 0 Å². The molecule has 1 aliphatic heterocycles. The van der Waals surface area contributed by atoms with E-state index in [0.717, 1.165) is 17.8 Å². The molecule has 4 bridgehead atoms. The third-order valence-corrected chi connectivity index (χ3v) is 9.37. The van der Waals surface area contributed by atoms with Gasteiger partial charge in [-0.25, -0.2) is 8.42 Å². The van der Waals surface area contributed by atoms with Crippen molar-refractivity contribution in [3.05, 3.63) is 0 Å². The lowest BCUT2D eigenvalue weighted by atomic mass is 9.48. The molecule has 1 N–H and O–H groups in total. The number of amides is 2. The van der Waals surface area contributed by atoms with Crippen LogP contribution in [0.1, 0.15) is 51.9 Å². The van der Waals surface area contributed by atoms with Crippen LogP contribution in [0.2, 0.25) is 0 Å². The van der Waals surface area contributed by atoms with Crippen molar-refractivity contribution in [3.8, 4) is 0 Å². The summed E-state index contributed by atoms with van der Waals surface area (Å²) in [5.41, 5.74) is 0.153. The van der Waals surface area contributed by atoms with Crippen molar-refractivity contribution in [1.82, 2.24) is 10.2 Å². The van der Waals surface area contributed by atoms with Crippen molar-refractivity contribution in [2.45, 2.75) is 64.0 Å². The summed E-state index contributed by atoms with van der Waals surface area (Å²) >= 11 is 0. The van der Waals surface area contributed by atoms with Crippen molar-refractivity contribution in [3.63, 3.8) is 0 Å². The lowest BCUT2D eigenvalue weighted by Crippen LogP contribution is -2.58. The second-order valence-corrected chi connectivity index (χ2v) is 11.7.